The third kappa shape index (κ3) is 5.91. The van der Waals surface area contributed by atoms with Gasteiger partial charge in [-0.05, 0) is 49.9 Å². The minimum absolute atomic E-state index is 0.00442. The van der Waals surface area contributed by atoms with Gasteiger partial charge in [0.15, 0.2) is 11.5 Å². The highest BCUT2D eigenvalue weighted by Gasteiger charge is 2.39. The van der Waals surface area contributed by atoms with Crippen molar-refractivity contribution >= 4 is 11.8 Å². The Morgan fingerprint density at radius 1 is 1.15 bits per heavy atom. The van der Waals surface area contributed by atoms with E-state index in [1.165, 1.54) is 18.6 Å². The molecular formula is C30H35F2N5O3. The first-order valence-corrected chi connectivity index (χ1v) is 13.8. The second-order valence-corrected chi connectivity index (χ2v) is 11.5. The van der Waals surface area contributed by atoms with Crippen molar-refractivity contribution in [3.63, 3.8) is 0 Å². The molecular weight excluding hydrogens is 516 g/mol. The average Bonchev–Trinajstić information content (AvgIpc) is 3.37. The van der Waals surface area contributed by atoms with Crippen molar-refractivity contribution < 1.29 is 22.9 Å². The standard InChI is InChI=1S/C30H35F2N5O3/c1-18-6-5-12-33-27(18)30(2,3)17-34-28(38)22-16-37(20-7-4-8-20)13-11-24(22)35-29(39)25-15-26(40-36-25)21-10-9-19(31)14-23(21)32/h5-6,9-10,12,14-15,20,22,24H,4,7-8,11,13,16-17H2,1-3H3,(H,34,38)(H,35,39)/t22-,24-/m1/s1. The Hall–Kier alpha value is -3.66. The lowest BCUT2D eigenvalue weighted by atomic mass is 9.84. The number of piperidine rings is 1. The molecule has 1 saturated heterocycles. The van der Waals surface area contributed by atoms with Crippen molar-refractivity contribution in [2.24, 2.45) is 5.92 Å². The first kappa shape index (κ1) is 27.9. The molecule has 1 saturated carbocycles. The van der Waals surface area contributed by atoms with Crippen molar-refractivity contribution in [1.82, 2.24) is 25.7 Å². The second-order valence-electron chi connectivity index (χ2n) is 11.5. The SMILES string of the molecule is Cc1cccnc1C(C)(C)CNC(=O)[C@@H]1CN(C2CCC2)CC[C@H]1NC(=O)c1cc(-c2ccc(F)cc2F)on1. The van der Waals surface area contributed by atoms with Gasteiger partial charge in [-0.25, -0.2) is 8.78 Å². The maximum Gasteiger partial charge on any atom is 0.273 e. The van der Waals surface area contributed by atoms with Gasteiger partial charge in [0.25, 0.3) is 5.91 Å². The van der Waals surface area contributed by atoms with Crippen LogP contribution in [0.15, 0.2) is 47.1 Å². The number of hydrogen-bond acceptors (Lipinski definition) is 6. The highest BCUT2D eigenvalue weighted by Crippen LogP contribution is 2.30. The molecule has 1 aromatic carbocycles. The Morgan fingerprint density at radius 3 is 2.65 bits per heavy atom. The quantitative estimate of drug-likeness (QED) is 0.431. The van der Waals surface area contributed by atoms with Gasteiger partial charge in [-0.15, -0.1) is 0 Å². The van der Waals surface area contributed by atoms with Gasteiger partial charge in [0.05, 0.1) is 17.2 Å². The molecule has 8 nitrogen and oxygen atoms in total. The Morgan fingerprint density at radius 2 is 1.95 bits per heavy atom. The summed E-state index contributed by atoms with van der Waals surface area (Å²) in [6, 6.07) is 8.37. The topological polar surface area (TPSA) is 100 Å². The predicted molar refractivity (Wildman–Crippen MR) is 145 cm³/mol. The van der Waals surface area contributed by atoms with Crippen molar-refractivity contribution in [2.75, 3.05) is 19.6 Å². The summed E-state index contributed by atoms with van der Waals surface area (Å²) in [5, 5.41) is 9.91. The molecule has 2 aromatic heterocycles. The van der Waals surface area contributed by atoms with E-state index in [-0.39, 0.29) is 28.3 Å². The number of hydrogen-bond donors (Lipinski definition) is 2. The Kier molecular flexibility index (Phi) is 7.98. The van der Waals surface area contributed by atoms with Crippen LogP contribution in [0.5, 0.6) is 0 Å². The van der Waals surface area contributed by atoms with Crippen LogP contribution in [0, 0.1) is 24.5 Å². The number of benzene rings is 1. The number of halogens is 2. The predicted octanol–water partition coefficient (Wildman–Crippen LogP) is 4.39. The maximum absolute atomic E-state index is 14.2. The summed E-state index contributed by atoms with van der Waals surface area (Å²) >= 11 is 0. The van der Waals surface area contributed by atoms with E-state index < -0.39 is 29.5 Å². The molecule has 3 aromatic rings. The van der Waals surface area contributed by atoms with Crippen molar-refractivity contribution in [3.8, 4) is 11.3 Å². The van der Waals surface area contributed by atoms with Gasteiger partial charge < -0.3 is 15.2 Å². The summed E-state index contributed by atoms with van der Waals surface area (Å²) in [4.78, 5) is 33.6. The molecule has 2 fully saturated rings. The lowest BCUT2D eigenvalue weighted by Crippen LogP contribution is -2.59. The summed E-state index contributed by atoms with van der Waals surface area (Å²) in [5.74, 6) is -2.60. The number of aromatic nitrogens is 2. The number of carbonyl (C=O) groups is 2. The van der Waals surface area contributed by atoms with Gasteiger partial charge in [0, 0.05) is 55.5 Å². The highest BCUT2D eigenvalue weighted by molar-refractivity contribution is 5.94. The number of carbonyl (C=O) groups excluding carboxylic acids is 2. The number of nitrogens with zero attached hydrogens (tertiary/aromatic N) is 3. The molecule has 2 aliphatic rings. The molecule has 3 heterocycles. The summed E-state index contributed by atoms with van der Waals surface area (Å²) in [5.41, 5.74) is 1.58. The fraction of sp³-hybridized carbons (Fsp3) is 0.467. The number of pyridine rings is 1. The Bertz CT molecular complexity index is 1390. The summed E-state index contributed by atoms with van der Waals surface area (Å²) < 4.78 is 32.7. The Labute approximate surface area is 232 Å². The molecule has 0 radical (unpaired) electrons. The van der Waals surface area contributed by atoms with Gasteiger partial charge in [-0.1, -0.05) is 31.5 Å². The van der Waals surface area contributed by atoms with Crippen LogP contribution in [0.25, 0.3) is 11.3 Å². The molecule has 5 rings (SSSR count). The largest absolute Gasteiger partial charge is 0.355 e. The molecule has 2 atom stereocenters. The summed E-state index contributed by atoms with van der Waals surface area (Å²) in [6.45, 7) is 7.85. The minimum Gasteiger partial charge on any atom is -0.355 e. The normalized spacial score (nSPS) is 20.1. The van der Waals surface area contributed by atoms with Gasteiger partial charge in [0.1, 0.15) is 11.6 Å². The van der Waals surface area contributed by atoms with Crippen molar-refractivity contribution in [3.05, 3.63) is 71.2 Å². The molecule has 0 unspecified atom stereocenters. The summed E-state index contributed by atoms with van der Waals surface area (Å²) in [6.07, 6.45) is 5.81. The molecule has 212 valence electrons. The number of likely N-dealkylation sites (tertiary alicyclic amines) is 1. The van der Waals surface area contributed by atoms with E-state index in [0.717, 1.165) is 42.8 Å². The van der Waals surface area contributed by atoms with Crippen LogP contribution in [0.1, 0.15) is 61.3 Å². The molecule has 2 N–H and O–H groups in total. The van der Waals surface area contributed by atoms with E-state index in [1.54, 1.807) is 6.20 Å². The fourth-order valence-corrected chi connectivity index (χ4v) is 5.66. The zero-order valence-electron chi connectivity index (χ0n) is 23.0. The van der Waals surface area contributed by atoms with E-state index in [1.807, 2.05) is 19.1 Å². The molecule has 0 spiro atoms. The number of amides is 2. The van der Waals surface area contributed by atoms with E-state index >= 15 is 0 Å². The van der Waals surface area contributed by atoms with Crippen LogP contribution in [0.3, 0.4) is 0 Å². The molecule has 0 bridgehead atoms. The van der Waals surface area contributed by atoms with Crippen molar-refractivity contribution in [1.29, 1.82) is 0 Å². The number of nitrogens with one attached hydrogen (secondary N) is 2. The highest BCUT2D eigenvalue weighted by atomic mass is 19.1. The first-order chi connectivity index (χ1) is 19.1. The van der Waals surface area contributed by atoms with E-state index in [9.17, 15) is 18.4 Å². The van der Waals surface area contributed by atoms with Crippen molar-refractivity contribution in [2.45, 2.75) is 64.0 Å². The van der Waals surface area contributed by atoms with E-state index in [0.29, 0.717) is 25.6 Å². The van der Waals surface area contributed by atoms with Crippen LogP contribution in [0.4, 0.5) is 8.78 Å². The van der Waals surface area contributed by atoms with Crippen LogP contribution in [-0.2, 0) is 10.2 Å². The van der Waals surface area contributed by atoms with Crippen LogP contribution in [0.2, 0.25) is 0 Å². The van der Waals surface area contributed by atoms with Crippen LogP contribution >= 0.6 is 0 Å². The number of rotatable bonds is 8. The first-order valence-electron chi connectivity index (χ1n) is 13.8. The van der Waals surface area contributed by atoms with Gasteiger partial charge in [-0.3, -0.25) is 19.5 Å². The smallest absolute Gasteiger partial charge is 0.273 e. The second kappa shape index (κ2) is 11.4. The van der Waals surface area contributed by atoms with E-state index in [4.69, 9.17) is 4.52 Å². The third-order valence-electron chi connectivity index (χ3n) is 8.18. The zero-order valence-corrected chi connectivity index (χ0v) is 23.0. The minimum atomic E-state index is -0.813. The molecule has 1 aliphatic heterocycles. The lowest BCUT2D eigenvalue weighted by molar-refractivity contribution is -0.128. The van der Waals surface area contributed by atoms with Gasteiger partial charge in [-0.2, -0.15) is 0 Å². The molecule has 10 heteroatoms. The number of aryl methyl sites for hydroxylation is 1. The maximum atomic E-state index is 14.2. The lowest BCUT2D eigenvalue weighted by Gasteiger charge is -2.45. The zero-order chi connectivity index (χ0) is 28.4. The van der Waals surface area contributed by atoms with Gasteiger partial charge in [0.2, 0.25) is 5.91 Å². The van der Waals surface area contributed by atoms with Gasteiger partial charge >= 0.3 is 0 Å². The molecule has 40 heavy (non-hydrogen) atoms. The Balaban J connectivity index is 1.29. The van der Waals surface area contributed by atoms with Crippen LogP contribution in [-0.4, -0.2) is 58.6 Å². The van der Waals surface area contributed by atoms with E-state index in [2.05, 4.69) is 39.5 Å². The average molecular weight is 552 g/mol. The summed E-state index contributed by atoms with van der Waals surface area (Å²) in [7, 11) is 0. The van der Waals surface area contributed by atoms with Crippen LogP contribution < -0.4 is 10.6 Å². The monoisotopic (exact) mass is 551 g/mol. The fourth-order valence-electron chi connectivity index (χ4n) is 5.66. The molecule has 1 aliphatic carbocycles. The third-order valence-corrected chi connectivity index (χ3v) is 8.18. The molecule has 2 amide bonds.